The van der Waals surface area contributed by atoms with E-state index in [1.54, 1.807) is 44.2 Å². The first-order valence-corrected chi connectivity index (χ1v) is 13.0. The Kier molecular flexibility index (Phi) is 8.74. The first kappa shape index (κ1) is 25.9. The van der Waals surface area contributed by atoms with Crippen molar-refractivity contribution < 1.29 is 32.2 Å². The summed E-state index contributed by atoms with van der Waals surface area (Å²) in [5.41, 5.74) is 6.97. The van der Waals surface area contributed by atoms with E-state index < -0.39 is 52.8 Å². The van der Waals surface area contributed by atoms with Crippen molar-refractivity contribution in [2.75, 3.05) is 13.1 Å². The van der Waals surface area contributed by atoms with Crippen LogP contribution < -0.4 is 5.73 Å². The smallest absolute Gasteiger partial charge is 0.325 e. The molecule has 1 unspecified atom stereocenters. The second-order valence-electron chi connectivity index (χ2n) is 8.21. The van der Waals surface area contributed by atoms with E-state index >= 15 is 0 Å². The molecule has 0 spiro atoms. The number of benzene rings is 1. The molecule has 0 aliphatic heterocycles. The molecule has 176 valence electrons. The minimum atomic E-state index is -4.98. The van der Waals surface area contributed by atoms with Gasteiger partial charge in [0.25, 0.3) is 0 Å². The van der Waals surface area contributed by atoms with Crippen molar-refractivity contribution in [2.24, 2.45) is 11.7 Å². The minimum absolute atomic E-state index is 0.0162. The van der Waals surface area contributed by atoms with Crippen molar-refractivity contribution in [3.8, 4) is 0 Å². The maximum atomic E-state index is 13.2. The van der Waals surface area contributed by atoms with E-state index in [-0.39, 0.29) is 31.7 Å². The van der Waals surface area contributed by atoms with E-state index in [4.69, 9.17) is 10.3 Å². The summed E-state index contributed by atoms with van der Waals surface area (Å²) in [5.74, 6) is -0.134. The highest BCUT2D eigenvalue weighted by Gasteiger charge is 2.51. The highest BCUT2D eigenvalue weighted by atomic mass is 32.2. The summed E-state index contributed by atoms with van der Waals surface area (Å²) in [4.78, 5) is 29.3. The largest absolute Gasteiger partial charge is 0.469 e. The zero-order valence-electron chi connectivity index (χ0n) is 17.5. The van der Waals surface area contributed by atoms with Crippen LogP contribution >= 0.6 is 7.82 Å². The van der Waals surface area contributed by atoms with Crippen LogP contribution in [-0.4, -0.2) is 64.0 Å². The van der Waals surface area contributed by atoms with Crippen molar-refractivity contribution in [2.45, 2.75) is 56.5 Å². The van der Waals surface area contributed by atoms with Gasteiger partial charge in [0.2, 0.25) is 16.1 Å². The van der Waals surface area contributed by atoms with Gasteiger partial charge in [0.1, 0.15) is 5.25 Å². The molecule has 1 aromatic carbocycles. The Morgan fingerprint density at radius 1 is 1.26 bits per heavy atom. The lowest BCUT2D eigenvalue weighted by Crippen LogP contribution is -2.56. The molecule has 0 radical (unpaired) electrons. The number of hydrogen-bond acceptors (Lipinski definition) is 7. The minimum Gasteiger partial charge on any atom is -0.325 e. The molecule has 0 amide bonds. The standard InChI is InChI=1S/C18H30N3O8PS/c1-13(2)11-20(31(27,28)18-9-8-16(18)21(22)23)12-17(29-30(24,25)26)15(19)10-14-6-4-3-5-7-14/h3-7,13,15-18H,8-12,19H2,1-2H3,(H2,24,25,26)/t15-,16?,17+,18-/m0/s1. The molecular weight excluding hydrogens is 449 g/mol. The van der Waals surface area contributed by atoms with Crippen LogP contribution in [-0.2, 0) is 25.5 Å². The number of nitrogens with zero attached hydrogens (tertiary/aromatic N) is 2. The third kappa shape index (κ3) is 7.31. The van der Waals surface area contributed by atoms with Crippen molar-refractivity contribution >= 4 is 17.8 Å². The summed E-state index contributed by atoms with van der Waals surface area (Å²) in [7, 11) is -9.08. The lowest BCUT2D eigenvalue weighted by molar-refractivity contribution is -0.534. The Bertz CT molecular complexity index is 892. The SMILES string of the molecule is CC(C)CN(C[C@@H](OP(=O)(O)O)[C@@H](N)Cc1ccccc1)S(=O)(=O)[C@H]1CCC1[N+](=O)[O-]. The average Bonchev–Trinajstić information content (AvgIpc) is 2.57. The molecule has 1 fully saturated rings. The summed E-state index contributed by atoms with van der Waals surface area (Å²) in [6.07, 6.45) is -0.795. The van der Waals surface area contributed by atoms with Gasteiger partial charge in [-0.1, -0.05) is 44.2 Å². The zero-order chi connectivity index (χ0) is 23.4. The van der Waals surface area contributed by atoms with Gasteiger partial charge < -0.3 is 15.5 Å². The summed E-state index contributed by atoms with van der Waals surface area (Å²) >= 11 is 0. The summed E-state index contributed by atoms with van der Waals surface area (Å²) in [6, 6.07) is 6.82. The van der Waals surface area contributed by atoms with Gasteiger partial charge in [0, 0.05) is 30.5 Å². The summed E-state index contributed by atoms with van der Waals surface area (Å²) < 4.78 is 43.8. The Hall–Kier alpha value is -1.40. The van der Waals surface area contributed by atoms with Crippen LogP contribution in [0.5, 0.6) is 0 Å². The number of rotatable bonds is 12. The van der Waals surface area contributed by atoms with E-state index in [1.165, 1.54) is 0 Å². The van der Waals surface area contributed by atoms with E-state index in [0.29, 0.717) is 0 Å². The van der Waals surface area contributed by atoms with Crippen LogP contribution in [0.3, 0.4) is 0 Å². The van der Waals surface area contributed by atoms with Gasteiger partial charge in [-0.15, -0.1) is 0 Å². The van der Waals surface area contributed by atoms with Gasteiger partial charge in [-0.05, 0) is 24.3 Å². The predicted octanol–water partition coefficient (Wildman–Crippen LogP) is 1.13. The molecule has 4 N–H and O–H groups in total. The number of nitro groups is 1. The number of nitrogens with two attached hydrogens (primary N) is 1. The second kappa shape index (κ2) is 10.5. The normalized spacial score (nSPS) is 21.6. The maximum absolute atomic E-state index is 13.2. The molecule has 13 heteroatoms. The van der Waals surface area contributed by atoms with Crippen LogP contribution in [0.15, 0.2) is 30.3 Å². The first-order valence-electron chi connectivity index (χ1n) is 9.97. The van der Waals surface area contributed by atoms with E-state index in [9.17, 15) is 32.9 Å². The maximum Gasteiger partial charge on any atom is 0.469 e. The molecule has 1 aliphatic rings. The summed E-state index contributed by atoms with van der Waals surface area (Å²) in [5, 5.41) is 10.0. The monoisotopic (exact) mass is 479 g/mol. The quantitative estimate of drug-likeness (QED) is 0.225. The Morgan fingerprint density at radius 3 is 2.32 bits per heavy atom. The topological polar surface area (TPSA) is 173 Å². The van der Waals surface area contributed by atoms with Gasteiger partial charge in [-0.25, -0.2) is 13.0 Å². The lowest BCUT2D eigenvalue weighted by atomic mass is 9.93. The van der Waals surface area contributed by atoms with Crippen molar-refractivity contribution in [1.82, 2.24) is 4.31 Å². The molecule has 0 saturated heterocycles. The summed E-state index contributed by atoms with van der Waals surface area (Å²) in [6.45, 7) is 3.15. The Balaban J connectivity index is 2.29. The first-order chi connectivity index (χ1) is 14.3. The molecule has 1 aliphatic carbocycles. The molecule has 1 saturated carbocycles. The van der Waals surface area contributed by atoms with Crippen LogP contribution in [0.1, 0.15) is 32.3 Å². The van der Waals surface area contributed by atoms with Crippen molar-refractivity contribution in [3.63, 3.8) is 0 Å². The number of phosphoric acid groups is 1. The molecule has 31 heavy (non-hydrogen) atoms. The van der Waals surface area contributed by atoms with Gasteiger partial charge in [-0.3, -0.25) is 14.6 Å². The Morgan fingerprint density at radius 2 is 1.87 bits per heavy atom. The van der Waals surface area contributed by atoms with Crippen LogP contribution in [0.25, 0.3) is 0 Å². The van der Waals surface area contributed by atoms with Crippen LogP contribution in [0.4, 0.5) is 0 Å². The average molecular weight is 479 g/mol. The van der Waals surface area contributed by atoms with Crippen molar-refractivity contribution in [3.05, 3.63) is 46.0 Å². The third-order valence-electron chi connectivity index (χ3n) is 5.21. The number of sulfonamides is 1. The molecule has 0 bridgehead atoms. The number of hydrogen-bond donors (Lipinski definition) is 3. The van der Waals surface area contributed by atoms with Crippen molar-refractivity contribution in [1.29, 1.82) is 0 Å². The fourth-order valence-electron chi connectivity index (χ4n) is 3.56. The predicted molar refractivity (Wildman–Crippen MR) is 114 cm³/mol. The van der Waals surface area contributed by atoms with Gasteiger partial charge in [-0.2, -0.15) is 4.31 Å². The Labute approximate surface area is 182 Å². The second-order valence-corrected chi connectivity index (χ2v) is 11.6. The molecular formula is C18H30N3O8PS. The fourth-order valence-corrected chi connectivity index (χ4v) is 6.45. The molecule has 1 aromatic rings. The molecule has 0 aromatic heterocycles. The van der Waals surface area contributed by atoms with Gasteiger partial charge in [0.15, 0.2) is 0 Å². The molecule has 2 rings (SSSR count). The molecule has 0 heterocycles. The van der Waals surface area contributed by atoms with E-state index in [1.807, 2.05) is 0 Å². The van der Waals surface area contributed by atoms with Gasteiger partial charge >= 0.3 is 7.82 Å². The van der Waals surface area contributed by atoms with E-state index in [0.717, 1.165) is 9.87 Å². The lowest BCUT2D eigenvalue weighted by Gasteiger charge is -2.37. The van der Waals surface area contributed by atoms with E-state index in [2.05, 4.69) is 0 Å². The molecule has 4 atom stereocenters. The molecule has 11 nitrogen and oxygen atoms in total. The zero-order valence-corrected chi connectivity index (χ0v) is 19.2. The fraction of sp³-hybridized carbons (Fsp3) is 0.667. The van der Waals surface area contributed by atoms with Gasteiger partial charge in [0.05, 0.1) is 6.10 Å². The van der Waals surface area contributed by atoms with Crippen LogP contribution in [0, 0.1) is 16.0 Å². The third-order valence-corrected chi connectivity index (χ3v) is 8.08. The van der Waals surface area contributed by atoms with Crippen LogP contribution in [0.2, 0.25) is 0 Å². The number of phosphoric ester groups is 1. The highest BCUT2D eigenvalue weighted by molar-refractivity contribution is 7.89. The highest BCUT2D eigenvalue weighted by Crippen LogP contribution is 2.39.